The van der Waals surface area contributed by atoms with E-state index in [0.29, 0.717) is 0 Å². The molecular weight excluding hydrogens is 270 g/mol. The van der Waals surface area contributed by atoms with E-state index in [1.165, 1.54) is 0 Å². The molecule has 0 aromatic heterocycles. The van der Waals surface area contributed by atoms with Gasteiger partial charge in [-0.3, -0.25) is 5.32 Å². The van der Waals surface area contributed by atoms with Crippen molar-refractivity contribution in [3.05, 3.63) is 28.2 Å². The van der Waals surface area contributed by atoms with Gasteiger partial charge in [0.25, 0.3) is 0 Å². The highest BCUT2D eigenvalue weighted by atomic mass is 79.9. The first kappa shape index (κ1) is 13.0. The molecular formula is C12H16BrNO2. The average Bonchev–Trinajstić information content (AvgIpc) is 1.96. The van der Waals surface area contributed by atoms with Gasteiger partial charge < -0.3 is 4.74 Å². The molecule has 88 valence electrons. The van der Waals surface area contributed by atoms with Crippen molar-refractivity contribution in [3.8, 4) is 0 Å². The van der Waals surface area contributed by atoms with Gasteiger partial charge in [-0.1, -0.05) is 15.9 Å². The number of carbonyl (C=O) groups excluding carboxylic acids is 1. The molecule has 4 heteroatoms. The van der Waals surface area contributed by atoms with Crippen LogP contribution >= 0.6 is 15.9 Å². The first-order valence-electron chi connectivity index (χ1n) is 5.03. The normalized spacial score (nSPS) is 11.1. The lowest BCUT2D eigenvalue weighted by Crippen LogP contribution is -2.27. The molecule has 16 heavy (non-hydrogen) atoms. The molecule has 0 spiro atoms. The fraction of sp³-hybridized carbons (Fsp3) is 0.417. The summed E-state index contributed by atoms with van der Waals surface area (Å²) in [4.78, 5) is 11.5. The van der Waals surface area contributed by atoms with E-state index in [2.05, 4.69) is 21.2 Å². The fourth-order valence-electron chi connectivity index (χ4n) is 1.23. The van der Waals surface area contributed by atoms with E-state index in [-0.39, 0.29) is 0 Å². The summed E-state index contributed by atoms with van der Waals surface area (Å²) in [5.74, 6) is 0. The number of carbonyl (C=O) groups is 1. The van der Waals surface area contributed by atoms with E-state index >= 15 is 0 Å². The van der Waals surface area contributed by atoms with Gasteiger partial charge in [-0.25, -0.2) is 4.79 Å². The van der Waals surface area contributed by atoms with Crippen molar-refractivity contribution in [1.82, 2.24) is 0 Å². The largest absolute Gasteiger partial charge is 0.444 e. The minimum Gasteiger partial charge on any atom is -0.444 e. The third-order valence-electron chi connectivity index (χ3n) is 1.69. The Bertz CT molecular complexity index is 376. The predicted octanol–water partition coefficient (Wildman–Crippen LogP) is 4.10. The second-order valence-corrected chi connectivity index (χ2v) is 5.56. The van der Waals surface area contributed by atoms with Gasteiger partial charge in [-0.15, -0.1) is 0 Å². The quantitative estimate of drug-likeness (QED) is 0.843. The number of anilines is 1. The number of ether oxygens (including phenoxy) is 1. The SMILES string of the molecule is Cc1cc(Br)cc(NC(=O)OC(C)(C)C)c1. The van der Waals surface area contributed by atoms with E-state index in [1.54, 1.807) is 0 Å². The van der Waals surface area contributed by atoms with Crippen molar-refractivity contribution in [2.75, 3.05) is 5.32 Å². The Labute approximate surface area is 104 Å². The number of aryl methyl sites for hydroxylation is 1. The minimum atomic E-state index is -0.481. The van der Waals surface area contributed by atoms with Crippen LogP contribution in [0.2, 0.25) is 0 Å². The van der Waals surface area contributed by atoms with Gasteiger partial charge in [0.05, 0.1) is 0 Å². The molecule has 1 N–H and O–H groups in total. The topological polar surface area (TPSA) is 38.3 Å². The summed E-state index contributed by atoms with van der Waals surface area (Å²) in [5, 5.41) is 2.69. The molecule has 0 aliphatic heterocycles. The van der Waals surface area contributed by atoms with Crippen LogP contribution in [-0.4, -0.2) is 11.7 Å². The van der Waals surface area contributed by atoms with E-state index in [9.17, 15) is 4.79 Å². The zero-order valence-corrected chi connectivity index (χ0v) is 11.5. The fourth-order valence-corrected chi connectivity index (χ4v) is 1.84. The Balaban J connectivity index is 2.70. The molecule has 0 radical (unpaired) electrons. The Morgan fingerprint density at radius 2 is 1.94 bits per heavy atom. The Hall–Kier alpha value is -1.03. The van der Waals surface area contributed by atoms with Gasteiger partial charge >= 0.3 is 6.09 Å². The molecule has 3 nitrogen and oxygen atoms in total. The Morgan fingerprint density at radius 1 is 1.31 bits per heavy atom. The van der Waals surface area contributed by atoms with E-state index in [4.69, 9.17) is 4.74 Å². The van der Waals surface area contributed by atoms with Crippen LogP contribution in [-0.2, 0) is 4.74 Å². The van der Waals surface area contributed by atoms with Crippen LogP contribution in [0, 0.1) is 6.92 Å². The first-order chi connectivity index (χ1) is 7.26. The van der Waals surface area contributed by atoms with Crippen LogP contribution in [0.25, 0.3) is 0 Å². The lowest BCUT2D eigenvalue weighted by molar-refractivity contribution is 0.0636. The Kier molecular flexibility index (Phi) is 3.97. The van der Waals surface area contributed by atoms with Crippen molar-refractivity contribution in [2.45, 2.75) is 33.3 Å². The molecule has 0 saturated heterocycles. The number of hydrogen-bond donors (Lipinski definition) is 1. The third-order valence-corrected chi connectivity index (χ3v) is 2.15. The van der Waals surface area contributed by atoms with Crippen LogP contribution in [0.4, 0.5) is 10.5 Å². The van der Waals surface area contributed by atoms with Crippen molar-refractivity contribution in [1.29, 1.82) is 0 Å². The standard InChI is InChI=1S/C12H16BrNO2/c1-8-5-9(13)7-10(6-8)14-11(15)16-12(2,3)4/h5-7H,1-4H3,(H,14,15). The number of rotatable bonds is 1. The molecule has 1 aromatic rings. The summed E-state index contributed by atoms with van der Waals surface area (Å²) in [6, 6.07) is 5.69. The van der Waals surface area contributed by atoms with Crippen molar-refractivity contribution < 1.29 is 9.53 Å². The smallest absolute Gasteiger partial charge is 0.412 e. The zero-order chi connectivity index (χ0) is 12.3. The van der Waals surface area contributed by atoms with Gasteiger partial charge in [0.2, 0.25) is 0 Å². The number of nitrogens with one attached hydrogen (secondary N) is 1. The molecule has 1 amide bonds. The van der Waals surface area contributed by atoms with E-state index < -0.39 is 11.7 Å². The Morgan fingerprint density at radius 3 is 2.44 bits per heavy atom. The van der Waals surface area contributed by atoms with Crippen LogP contribution in [0.3, 0.4) is 0 Å². The van der Waals surface area contributed by atoms with Crippen molar-refractivity contribution in [2.24, 2.45) is 0 Å². The van der Waals surface area contributed by atoms with Crippen LogP contribution in [0.1, 0.15) is 26.3 Å². The van der Waals surface area contributed by atoms with Crippen LogP contribution in [0.15, 0.2) is 22.7 Å². The number of halogens is 1. The molecule has 0 unspecified atom stereocenters. The van der Waals surface area contributed by atoms with Crippen LogP contribution in [0.5, 0.6) is 0 Å². The summed E-state index contributed by atoms with van der Waals surface area (Å²) in [6.45, 7) is 7.46. The summed E-state index contributed by atoms with van der Waals surface area (Å²) >= 11 is 3.37. The maximum atomic E-state index is 11.5. The lowest BCUT2D eigenvalue weighted by atomic mass is 10.2. The van der Waals surface area contributed by atoms with E-state index in [1.807, 2.05) is 45.9 Å². The number of benzene rings is 1. The molecule has 0 bridgehead atoms. The van der Waals surface area contributed by atoms with Gasteiger partial charge in [0, 0.05) is 10.2 Å². The van der Waals surface area contributed by atoms with Gasteiger partial charge in [-0.2, -0.15) is 0 Å². The molecule has 0 saturated carbocycles. The second kappa shape index (κ2) is 4.87. The summed E-state index contributed by atoms with van der Waals surface area (Å²) < 4.78 is 6.09. The maximum absolute atomic E-state index is 11.5. The molecule has 1 rings (SSSR count). The average molecular weight is 286 g/mol. The first-order valence-corrected chi connectivity index (χ1v) is 5.83. The third kappa shape index (κ3) is 4.66. The van der Waals surface area contributed by atoms with Gasteiger partial charge in [-0.05, 0) is 51.5 Å². The van der Waals surface area contributed by atoms with E-state index in [0.717, 1.165) is 15.7 Å². The molecule has 0 heterocycles. The van der Waals surface area contributed by atoms with Crippen LogP contribution < -0.4 is 5.32 Å². The highest BCUT2D eigenvalue weighted by molar-refractivity contribution is 9.10. The molecule has 0 aliphatic rings. The predicted molar refractivity (Wildman–Crippen MR) is 68.7 cm³/mol. The molecule has 0 aliphatic carbocycles. The number of hydrogen-bond acceptors (Lipinski definition) is 2. The highest BCUT2D eigenvalue weighted by Crippen LogP contribution is 2.19. The minimum absolute atomic E-state index is 0.440. The highest BCUT2D eigenvalue weighted by Gasteiger charge is 2.16. The maximum Gasteiger partial charge on any atom is 0.412 e. The summed E-state index contributed by atoms with van der Waals surface area (Å²) in [6.07, 6.45) is -0.440. The molecule has 1 aromatic carbocycles. The lowest BCUT2D eigenvalue weighted by Gasteiger charge is -2.19. The molecule has 0 atom stereocenters. The second-order valence-electron chi connectivity index (χ2n) is 4.64. The molecule has 0 fully saturated rings. The summed E-state index contributed by atoms with van der Waals surface area (Å²) in [5.41, 5.74) is 1.31. The summed E-state index contributed by atoms with van der Waals surface area (Å²) in [7, 11) is 0. The van der Waals surface area contributed by atoms with Gasteiger partial charge in [0.15, 0.2) is 0 Å². The zero-order valence-electron chi connectivity index (χ0n) is 9.93. The van der Waals surface area contributed by atoms with Gasteiger partial charge in [0.1, 0.15) is 5.60 Å². The number of amides is 1. The van der Waals surface area contributed by atoms with Crippen molar-refractivity contribution >= 4 is 27.7 Å². The van der Waals surface area contributed by atoms with Crippen molar-refractivity contribution in [3.63, 3.8) is 0 Å². The monoisotopic (exact) mass is 285 g/mol.